The maximum absolute atomic E-state index is 12.5. The molecule has 1 N–H and O–H groups in total. The minimum Gasteiger partial charge on any atom is -0.452 e. The van der Waals surface area contributed by atoms with Gasteiger partial charge in [-0.05, 0) is 23.8 Å². The van der Waals surface area contributed by atoms with E-state index in [1.807, 2.05) is 0 Å². The number of halogens is 3. The smallest absolute Gasteiger partial charge is 0.416 e. The lowest BCUT2D eigenvalue weighted by Crippen LogP contribution is -2.31. The minimum absolute atomic E-state index is 0.196. The van der Waals surface area contributed by atoms with Crippen LogP contribution in [0.1, 0.15) is 11.1 Å². The molecule has 1 rings (SSSR count). The van der Waals surface area contributed by atoms with Crippen molar-refractivity contribution >= 4 is 18.0 Å². The quantitative estimate of drug-likeness (QED) is 0.472. The summed E-state index contributed by atoms with van der Waals surface area (Å²) in [5.74, 6) is -1.33. The monoisotopic (exact) mass is 331 g/mol. The summed E-state index contributed by atoms with van der Waals surface area (Å²) in [5, 5.41) is 2.45. The van der Waals surface area contributed by atoms with Gasteiger partial charge in [-0.2, -0.15) is 13.2 Å². The molecule has 0 unspecified atom stereocenters. The molecule has 8 heteroatoms. The number of benzene rings is 1. The van der Waals surface area contributed by atoms with Gasteiger partial charge in [-0.1, -0.05) is 12.1 Å². The first kappa shape index (κ1) is 18.7. The molecule has 5 nitrogen and oxygen atoms in total. The van der Waals surface area contributed by atoms with E-state index in [-0.39, 0.29) is 12.1 Å². The lowest BCUT2D eigenvalue weighted by atomic mass is 10.1. The summed E-state index contributed by atoms with van der Waals surface area (Å²) in [6.45, 7) is 0.136. The fourth-order valence-electron chi connectivity index (χ4n) is 1.51. The summed E-state index contributed by atoms with van der Waals surface area (Å²) in [4.78, 5) is 22.7. The average Bonchev–Trinajstić information content (AvgIpc) is 2.50. The van der Waals surface area contributed by atoms with Gasteiger partial charge in [0.1, 0.15) is 0 Å². The second kappa shape index (κ2) is 8.94. The molecule has 23 heavy (non-hydrogen) atoms. The molecular formula is C15H16F3NO4. The van der Waals surface area contributed by atoms with E-state index in [0.717, 1.165) is 18.2 Å². The predicted octanol–water partition coefficient (Wildman–Crippen LogP) is 2.02. The maximum atomic E-state index is 12.5. The van der Waals surface area contributed by atoms with E-state index in [9.17, 15) is 22.8 Å². The number of hydrogen-bond acceptors (Lipinski definition) is 4. The molecule has 0 spiro atoms. The number of nitrogens with one attached hydrogen (secondary N) is 1. The van der Waals surface area contributed by atoms with Crippen molar-refractivity contribution in [2.24, 2.45) is 0 Å². The van der Waals surface area contributed by atoms with Crippen LogP contribution in [0.2, 0.25) is 0 Å². The molecule has 0 fully saturated rings. The predicted molar refractivity (Wildman–Crippen MR) is 76.3 cm³/mol. The lowest BCUT2D eigenvalue weighted by molar-refractivity contribution is -0.143. The number of alkyl halides is 3. The van der Waals surface area contributed by atoms with Crippen LogP contribution < -0.4 is 5.32 Å². The summed E-state index contributed by atoms with van der Waals surface area (Å²) in [5.41, 5.74) is -0.619. The number of esters is 1. The van der Waals surface area contributed by atoms with Crippen molar-refractivity contribution < 1.29 is 32.2 Å². The van der Waals surface area contributed by atoms with Crippen LogP contribution in [0.3, 0.4) is 0 Å². The number of rotatable bonds is 7. The maximum Gasteiger partial charge on any atom is 0.416 e. The first-order valence-corrected chi connectivity index (χ1v) is 6.60. The Hall–Kier alpha value is -2.35. The van der Waals surface area contributed by atoms with Gasteiger partial charge in [0.05, 0.1) is 12.2 Å². The highest BCUT2D eigenvalue weighted by Crippen LogP contribution is 2.29. The van der Waals surface area contributed by atoms with Crippen molar-refractivity contribution in [2.75, 3.05) is 26.9 Å². The van der Waals surface area contributed by atoms with Crippen LogP contribution in [0.25, 0.3) is 6.08 Å². The summed E-state index contributed by atoms with van der Waals surface area (Å²) < 4.78 is 47.0. The van der Waals surface area contributed by atoms with Gasteiger partial charge < -0.3 is 14.8 Å². The Morgan fingerprint density at radius 2 is 2.04 bits per heavy atom. The molecule has 0 aliphatic heterocycles. The van der Waals surface area contributed by atoms with Gasteiger partial charge in [0.2, 0.25) is 0 Å². The van der Waals surface area contributed by atoms with E-state index in [1.165, 1.54) is 25.3 Å². The zero-order valence-corrected chi connectivity index (χ0v) is 12.4. The van der Waals surface area contributed by atoms with Gasteiger partial charge in [0, 0.05) is 19.7 Å². The van der Waals surface area contributed by atoms with Crippen LogP contribution >= 0.6 is 0 Å². The Morgan fingerprint density at radius 1 is 1.30 bits per heavy atom. The van der Waals surface area contributed by atoms with Crippen molar-refractivity contribution in [3.63, 3.8) is 0 Å². The standard InChI is InChI=1S/C15H16F3NO4/c1-22-8-7-19-13(20)10-23-14(21)6-5-11-3-2-4-12(9-11)15(16,17)18/h2-6,9H,7-8,10H2,1H3,(H,19,20)/b6-5+. The molecule has 1 amide bonds. The Morgan fingerprint density at radius 3 is 2.70 bits per heavy atom. The molecule has 0 atom stereocenters. The fraction of sp³-hybridized carbons (Fsp3) is 0.333. The highest BCUT2D eigenvalue weighted by molar-refractivity contribution is 5.89. The molecule has 1 aromatic carbocycles. The summed E-state index contributed by atoms with van der Waals surface area (Å²) in [6.07, 6.45) is -2.32. The van der Waals surface area contributed by atoms with Gasteiger partial charge in [-0.25, -0.2) is 4.79 Å². The van der Waals surface area contributed by atoms with Crippen LogP contribution in [0.5, 0.6) is 0 Å². The average molecular weight is 331 g/mol. The molecule has 0 radical (unpaired) electrons. The normalized spacial score (nSPS) is 11.5. The zero-order valence-electron chi connectivity index (χ0n) is 12.4. The van der Waals surface area contributed by atoms with Crippen molar-refractivity contribution in [1.29, 1.82) is 0 Å². The highest BCUT2D eigenvalue weighted by Gasteiger charge is 2.30. The summed E-state index contributed by atoms with van der Waals surface area (Å²) >= 11 is 0. The van der Waals surface area contributed by atoms with E-state index in [4.69, 9.17) is 4.74 Å². The molecule has 126 valence electrons. The Bertz CT molecular complexity index is 570. The number of amides is 1. The van der Waals surface area contributed by atoms with Crippen LogP contribution in [-0.2, 0) is 25.2 Å². The molecule has 0 heterocycles. The van der Waals surface area contributed by atoms with E-state index in [2.05, 4.69) is 10.1 Å². The van der Waals surface area contributed by atoms with Gasteiger partial charge in [-0.15, -0.1) is 0 Å². The van der Waals surface area contributed by atoms with Crippen molar-refractivity contribution in [3.8, 4) is 0 Å². The van der Waals surface area contributed by atoms with Crippen LogP contribution in [0.15, 0.2) is 30.3 Å². The molecule has 0 bridgehead atoms. The third kappa shape index (κ3) is 7.46. The fourth-order valence-corrected chi connectivity index (χ4v) is 1.51. The van der Waals surface area contributed by atoms with Gasteiger partial charge in [-0.3, -0.25) is 4.79 Å². The van der Waals surface area contributed by atoms with Crippen molar-refractivity contribution in [2.45, 2.75) is 6.18 Å². The second-order valence-electron chi connectivity index (χ2n) is 4.41. The molecule has 0 saturated heterocycles. The van der Waals surface area contributed by atoms with Gasteiger partial charge in [0.25, 0.3) is 5.91 Å². The topological polar surface area (TPSA) is 64.6 Å². The van der Waals surface area contributed by atoms with Crippen LogP contribution in [-0.4, -0.2) is 38.7 Å². The van der Waals surface area contributed by atoms with Crippen LogP contribution in [0, 0.1) is 0 Å². The number of carbonyl (C=O) groups is 2. The third-order valence-corrected chi connectivity index (χ3v) is 2.60. The van der Waals surface area contributed by atoms with Gasteiger partial charge >= 0.3 is 12.1 Å². The zero-order chi connectivity index (χ0) is 17.3. The van der Waals surface area contributed by atoms with E-state index in [0.29, 0.717) is 6.61 Å². The molecule has 1 aromatic rings. The molecule has 0 aliphatic carbocycles. The van der Waals surface area contributed by atoms with Crippen molar-refractivity contribution in [3.05, 3.63) is 41.5 Å². The number of methoxy groups -OCH3 is 1. The molecule has 0 aromatic heterocycles. The highest BCUT2D eigenvalue weighted by atomic mass is 19.4. The first-order chi connectivity index (χ1) is 10.8. The second-order valence-corrected chi connectivity index (χ2v) is 4.41. The molecule has 0 saturated carbocycles. The SMILES string of the molecule is COCCNC(=O)COC(=O)/C=C/c1cccc(C(F)(F)F)c1. The Balaban J connectivity index is 2.48. The van der Waals surface area contributed by atoms with Crippen molar-refractivity contribution in [1.82, 2.24) is 5.32 Å². The summed E-state index contributed by atoms with van der Waals surface area (Å²) in [7, 11) is 1.48. The molecular weight excluding hydrogens is 315 g/mol. The van der Waals surface area contributed by atoms with E-state index >= 15 is 0 Å². The first-order valence-electron chi connectivity index (χ1n) is 6.60. The number of carbonyl (C=O) groups excluding carboxylic acids is 2. The summed E-state index contributed by atoms with van der Waals surface area (Å²) in [6, 6.07) is 4.48. The van der Waals surface area contributed by atoms with Gasteiger partial charge in [0.15, 0.2) is 6.61 Å². The third-order valence-electron chi connectivity index (χ3n) is 2.60. The Labute approximate surface area is 131 Å². The number of ether oxygens (including phenoxy) is 2. The molecule has 0 aliphatic rings. The van der Waals surface area contributed by atoms with E-state index in [1.54, 1.807) is 0 Å². The van der Waals surface area contributed by atoms with E-state index < -0.39 is 30.2 Å². The Kier molecular flexibility index (Phi) is 7.27. The lowest BCUT2D eigenvalue weighted by Gasteiger charge is -2.06. The number of hydrogen-bond donors (Lipinski definition) is 1. The largest absolute Gasteiger partial charge is 0.452 e. The minimum atomic E-state index is -4.45. The van der Waals surface area contributed by atoms with Crippen LogP contribution in [0.4, 0.5) is 13.2 Å².